The molecule has 2 heterocycles. The summed E-state index contributed by atoms with van der Waals surface area (Å²) in [4.78, 5) is 39.6. The molecule has 1 saturated heterocycles. The number of nitrogen functional groups attached to an aromatic ring is 1. The van der Waals surface area contributed by atoms with Crippen LogP contribution in [0.25, 0.3) is 0 Å². The van der Waals surface area contributed by atoms with Crippen molar-refractivity contribution in [1.82, 2.24) is 9.55 Å². The average Bonchev–Trinajstić information content (AvgIpc) is 3.13. The highest BCUT2D eigenvalue weighted by molar-refractivity contribution is 5.73. The lowest BCUT2D eigenvalue weighted by atomic mass is 9.93. The summed E-state index contributed by atoms with van der Waals surface area (Å²) < 4.78 is 31.4. The zero-order valence-electron chi connectivity index (χ0n) is 15.7. The first-order valence-corrected chi connectivity index (χ1v) is 8.83. The van der Waals surface area contributed by atoms with Gasteiger partial charge in [-0.25, -0.2) is 9.18 Å². The second kappa shape index (κ2) is 6.52. The molecule has 0 aromatic carbocycles. The number of carbonyl (C=O) groups is 2. The van der Waals surface area contributed by atoms with Crippen molar-refractivity contribution in [2.24, 2.45) is 0 Å². The van der Waals surface area contributed by atoms with Crippen LogP contribution in [0.1, 0.15) is 39.8 Å². The number of anilines is 1. The van der Waals surface area contributed by atoms with Gasteiger partial charge in [0.05, 0.1) is 0 Å². The van der Waals surface area contributed by atoms with Crippen LogP contribution in [0.15, 0.2) is 17.1 Å². The van der Waals surface area contributed by atoms with Gasteiger partial charge < -0.3 is 25.1 Å². The van der Waals surface area contributed by atoms with E-state index in [1.807, 2.05) is 0 Å². The van der Waals surface area contributed by atoms with E-state index in [1.165, 1.54) is 33.0 Å². The molecular weight excluding hydrogens is 377 g/mol. The minimum Gasteiger partial charge on any atom is -0.454 e. The molecule has 3 rings (SSSR count). The number of carbonyl (C=O) groups excluding carboxylic acids is 2. The maximum atomic E-state index is 14.2. The van der Waals surface area contributed by atoms with E-state index >= 15 is 0 Å². The van der Waals surface area contributed by atoms with Gasteiger partial charge in [0.2, 0.25) is 5.60 Å². The average molecular weight is 399 g/mol. The lowest BCUT2D eigenvalue weighted by Crippen LogP contribution is -2.53. The van der Waals surface area contributed by atoms with Gasteiger partial charge in [0.25, 0.3) is 0 Å². The van der Waals surface area contributed by atoms with Gasteiger partial charge in [-0.1, -0.05) is 13.8 Å². The number of hydrogen-bond acceptors (Lipinski definition) is 9. The minimum atomic E-state index is -2.12. The van der Waals surface area contributed by atoms with Crippen LogP contribution in [-0.4, -0.2) is 56.2 Å². The van der Waals surface area contributed by atoms with Crippen LogP contribution >= 0.6 is 0 Å². The maximum absolute atomic E-state index is 14.2. The van der Waals surface area contributed by atoms with Crippen molar-refractivity contribution >= 4 is 17.8 Å². The molecule has 28 heavy (non-hydrogen) atoms. The van der Waals surface area contributed by atoms with Crippen LogP contribution in [0.2, 0.25) is 0 Å². The first kappa shape index (κ1) is 20.2. The molecule has 0 amide bonds. The molecule has 5 atom stereocenters. The Morgan fingerprint density at radius 1 is 1.39 bits per heavy atom. The zero-order chi connectivity index (χ0) is 20.9. The number of ether oxygens (including phenoxy) is 3. The zero-order valence-corrected chi connectivity index (χ0v) is 15.7. The first-order valence-electron chi connectivity index (χ1n) is 8.83. The van der Waals surface area contributed by atoms with Crippen molar-refractivity contribution in [3.8, 4) is 0 Å². The number of aromatic nitrogens is 2. The van der Waals surface area contributed by atoms with Gasteiger partial charge in [-0.2, -0.15) is 4.98 Å². The van der Waals surface area contributed by atoms with Gasteiger partial charge in [-0.3, -0.25) is 14.2 Å². The van der Waals surface area contributed by atoms with Crippen LogP contribution in [0.5, 0.6) is 0 Å². The number of nitrogens with zero attached hydrogens (tertiary/aromatic N) is 2. The summed E-state index contributed by atoms with van der Waals surface area (Å²) in [5.74, 6) is -1.48. The summed E-state index contributed by atoms with van der Waals surface area (Å²) in [5.41, 5.74) is -1.46. The Morgan fingerprint density at radius 2 is 2.04 bits per heavy atom. The van der Waals surface area contributed by atoms with E-state index in [1.54, 1.807) is 0 Å². The lowest BCUT2D eigenvalue weighted by molar-refractivity contribution is -0.197. The normalized spacial score (nSPS) is 35.9. The Kier molecular flexibility index (Phi) is 4.71. The number of hydrogen-bond donors (Lipinski definition) is 2. The van der Waals surface area contributed by atoms with Crippen molar-refractivity contribution in [3.63, 3.8) is 0 Å². The van der Waals surface area contributed by atoms with E-state index in [0.29, 0.717) is 0 Å². The molecule has 1 aromatic rings. The summed E-state index contributed by atoms with van der Waals surface area (Å²) in [6.07, 6.45) is -1.67. The Hall–Kier alpha value is -2.53. The van der Waals surface area contributed by atoms with E-state index in [2.05, 4.69) is 4.98 Å². The molecule has 1 saturated carbocycles. The van der Waals surface area contributed by atoms with Gasteiger partial charge in [0.1, 0.15) is 12.5 Å². The summed E-state index contributed by atoms with van der Waals surface area (Å²) >= 11 is 0. The summed E-state index contributed by atoms with van der Waals surface area (Å²) in [6, 6.07) is 1.30. The molecule has 154 valence electrons. The fourth-order valence-electron chi connectivity index (χ4n) is 3.81. The van der Waals surface area contributed by atoms with Crippen LogP contribution in [-0.2, 0) is 23.8 Å². The van der Waals surface area contributed by atoms with Gasteiger partial charge in [-0.15, -0.1) is 0 Å². The maximum Gasteiger partial charge on any atom is 0.351 e. The number of fused-ring (bicyclic) bond motifs is 1. The third kappa shape index (κ3) is 2.46. The molecule has 1 aliphatic heterocycles. The standard InChI is InChI=1S/C17H22FN3O7/c1-4-10(22)26-12-16(8-18)17(12,27-11(23)5-2)15(3,25)13(28-16)21-7-6-9(19)20-14(21)24/h6-7,12-13,25H,4-5,8H2,1-3H3,(H2,19,20,24)/t12?,13-,15+,16-,17+/m1/s1. The Morgan fingerprint density at radius 3 is 2.57 bits per heavy atom. The summed E-state index contributed by atoms with van der Waals surface area (Å²) in [6.45, 7) is 3.05. The third-order valence-electron chi connectivity index (χ3n) is 5.30. The Balaban J connectivity index is 2.09. The monoisotopic (exact) mass is 399 g/mol. The molecule has 1 aliphatic carbocycles. The molecule has 0 spiro atoms. The molecule has 11 heteroatoms. The number of halogens is 1. The molecule has 1 unspecified atom stereocenters. The van der Waals surface area contributed by atoms with Crippen molar-refractivity contribution in [2.75, 3.05) is 12.4 Å². The topological polar surface area (TPSA) is 143 Å². The molecule has 3 N–H and O–H groups in total. The Labute approximate surface area is 159 Å². The summed E-state index contributed by atoms with van der Waals surface area (Å²) in [7, 11) is 0. The first-order chi connectivity index (χ1) is 13.1. The number of esters is 2. The molecule has 2 aliphatic rings. The second-order valence-corrected chi connectivity index (χ2v) is 6.97. The number of aliphatic hydroxyl groups is 1. The number of alkyl halides is 1. The van der Waals surface area contributed by atoms with E-state index < -0.39 is 53.4 Å². The fraction of sp³-hybridized carbons (Fsp3) is 0.647. The van der Waals surface area contributed by atoms with Crippen molar-refractivity contribution in [1.29, 1.82) is 0 Å². The molecule has 0 bridgehead atoms. The molecular formula is C17H22FN3O7. The number of rotatable bonds is 6. The molecule has 0 radical (unpaired) electrons. The summed E-state index contributed by atoms with van der Waals surface area (Å²) in [5, 5.41) is 11.3. The van der Waals surface area contributed by atoms with Crippen molar-refractivity contribution in [2.45, 2.75) is 62.7 Å². The van der Waals surface area contributed by atoms with Gasteiger partial charge >= 0.3 is 17.6 Å². The third-order valence-corrected chi connectivity index (χ3v) is 5.30. The van der Waals surface area contributed by atoms with E-state index in [4.69, 9.17) is 19.9 Å². The van der Waals surface area contributed by atoms with Crippen LogP contribution in [0.3, 0.4) is 0 Å². The van der Waals surface area contributed by atoms with Crippen molar-refractivity contribution < 1.29 is 33.3 Å². The van der Waals surface area contributed by atoms with Crippen LogP contribution in [0.4, 0.5) is 10.2 Å². The predicted octanol–water partition coefficient (Wildman–Crippen LogP) is -0.159. The van der Waals surface area contributed by atoms with Gasteiger partial charge in [0.15, 0.2) is 23.5 Å². The van der Waals surface area contributed by atoms with Crippen LogP contribution in [0, 0.1) is 0 Å². The largest absolute Gasteiger partial charge is 0.454 e. The molecule has 10 nitrogen and oxygen atoms in total. The second-order valence-electron chi connectivity index (χ2n) is 6.97. The van der Waals surface area contributed by atoms with Gasteiger partial charge in [0, 0.05) is 19.0 Å². The highest BCUT2D eigenvalue weighted by atomic mass is 19.1. The molecule has 2 fully saturated rings. The van der Waals surface area contributed by atoms with Gasteiger partial charge in [-0.05, 0) is 13.0 Å². The van der Waals surface area contributed by atoms with E-state index in [0.717, 1.165) is 4.57 Å². The smallest absolute Gasteiger partial charge is 0.351 e. The predicted molar refractivity (Wildman–Crippen MR) is 91.6 cm³/mol. The van der Waals surface area contributed by atoms with Crippen LogP contribution < -0.4 is 11.4 Å². The quantitative estimate of drug-likeness (QED) is 0.624. The van der Waals surface area contributed by atoms with Crippen molar-refractivity contribution in [3.05, 3.63) is 22.7 Å². The van der Waals surface area contributed by atoms with E-state index in [9.17, 15) is 23.9 Å². The highest BCUT2D eigenvalue weighted by Gasteiger charge is 2.96. The minimum absolute atomic E-state index is 0.0103. The van der Waals surface area contributed by atoms with E-state index in [-0.39, 0.29) is 18.7 Å². The highest BCUT2D eigenvalue weighted by Crippen LogP contribution is 2.70. The molecule has 1 aromatic heterocycles. The lowest BCUT2D eigenvalue weighted by Gasteiger charge is -2.34. The Bertz CT molecular complexity index is 873. The number of nitrogens with two attached hydrogens (primary N) is 1. The fourth-order valence-corrected chi connectivity index (χ4v) is 3.81. The SMILES string of the molecule is CCC(=O)OC1[C@]2(OC(=O)CC)[C@@](C)(O)[C@H](n3ccc(N)nc3=O)O[C@]12CF.